The summed E-state index contributed by atoms with van der Waals surface area (Å²) in [7, 11) is 0. The van der Waals surface area contributed by atoms with Gasteiger partial charge in [-0.2, -0.15) is 0 Å². The summed E-state index contributed by atoms with van der Waals surface area (Å²) < 4.78 is 1.06. The molecule has 0 bridgehead atoms. The quantitative estimate of drug-likeness (QED) is 0.938. The van der Waals surface area contributed by atoms with Crippen LogP contribution in [0.4, 0.5) is 0 Å². The first kappa shape index (κ1) is 15.5. The fraction of sp³-hybridized carbons (Fsp3) is 0.375. The summed E-state index contributed by atoms with van der Waals surface area (Å²) in [5.41, 5.74) is 0.228. The first-order valence-electron chi connectivity index (χ1n) is 6.80. The molecule has 1 aromatic heterocycles. The van der Waals surface area contributed by atoms with Crippen molar-refractivity contribution in [1.82, 2.24) is 4.90 Å². The van der Waals surface area contributed by atoms with E-state index in [0.29, 0.717) is 5.56 Å². The van der Waals surface area contributed by atoms with Crippen LogP contribution >= 0.6 is 11.3 Å². The second-order valence-electron chi connectivity index (χ2n) is 5.92. The number of carboxylic acids is 1. The molecule has 0 saturated carbocycles. The van der Waals surface area contributed by atoms with Gasteiger partial charge in [0, 0.05) is 27.5 Å². The van der Waals surface area contributed by atoms with Crippen molar-refractivity contribution in [2.24, 2.45) is 0 Å². The van der Waals surface area contributed by atoms with E-state index in [4.69, 9.17) is 5.11 Å². The zero-order valence-corrected chi connectivity index (χ0v) is 13.2. The largest absolute Gasteiger partial charge is 0.481 e. The van der Waals surface area contributed by atoms with Gasteiger partial charge in [0.1, 0.15) is 0 Å². The maximum atomic E-state index is 12.8. The van der Waals surface area contributed by atoms with Gasteiger partial charge in [-0.25, -0.2) is 0 Å². The molecule has 0 radical (unpaired) electrons. The third kappa shape index (κ3) is 3.42. The molecular formula is C16H19NO3S. The standard InChI is InChI=1S/C16H19NO3S/c1-16(2,3)17(9-8-14(18)19)15(20)12-10-21-13-7-5-4-6-11(12)13/h4-7,10H,8-9H2,1-3H3,(H,18,19). The zero-order chi connectivity index (χ0) is 15.6. The van der Waals surface area contributed by atoms with E-state index in [2.05, 4.69) is 0 Å². The van der Waals surface area contributed by atoms with Gasteiger partial charge in [0.2, 0.25) is 0 Å². The molecule has 2 aromatic rings. The van der Waals surface area contributed by atoms with E-state index >= 15 is 0 Å². The molecule has 1 amide bonds. The number of hydrogen-bond donors (Lipinski definition) is 1. The van der Waals surface area contributed by atoms with Crippen LogP contribution in [0.5, 0.6) is 0 Å². The molecule has 2 rings (SSSR count). The summed E-state index contributed by atoms with van der Waals surface area (Å²) in [5.74, 6) is -1.01. The summed E-state index contributed by atoms with van der Waals surface area (Å²) in [5, 5.41) is 11.7. The Bertz CT molecular complexity index is 669. The first-order valence-corrected chi connectivity index (χ1v) is 7.68. The summed E-state index contributed by atoms with van der Waals surface area (Å²) in [6, 6.07) is 7.76. The van der Waals surface area contributed by atoms with E-state index in [1.807, 2.05) is 50.4 Å². The van der Waals surface area contributed by atoms with Gasteiger partial charge in [-0.1, -0.05) is 18.2 Å². The molecule has 5 heteroatoms. The lowest BCUT2D eigenvalue weighted by molar-refractivity contribution is -0.137. The number of nitrogens with zero attached hydrogens (tertiary/aromatic N) is 1. The molecule has 0 unspecified atom stereocenters. The van der Waals surface area contributed by atoms with Crippen molar-refractivity contribution in [3.63, 3.8) is 0 Å². The van der Waals surface area contributed by atoms with Crippen molar-refractivity contribution < 1.29 is 14.7 Å². The molecule has 4 nitrogen and oxygen atoms in total. The number of rotatable bonds is 4. The minimum atomic E-state index is -0.896. The lowest BCUT2D eigenvalue weighted by atomic mass is 10.0. The van der Waals surface area contributed by atoms with Crippen molar-refractivity contribution in [2.45, 2.75) is 32.7 Å². The molecule has 0 aliphatic carbocycles. The Morgan fingerprint density at radius 3 is 2.52 bits per heavy atom. The highest BCUT2D eigenvalue weighted by atomic mass is 32.1. The smallest absolute Gasteiger partial charge is 0.305 e. The highest BCUT2D eigenvalue weighted by Crippen LogP contribution is 2.28. The molecule has 0 aliphatic heterocycles. The van der Waals surface area contributed by atoms with Gasteiger partial charge in [-0.3, -0.25) is 9.59 Å². The summed E-state index contributed by atoms with van der Waals surface area (Å²) in [6.45, 7) is 5.96. The highest BCUT2D eigenvalue weighted by Gasteiger charge is 2.29. The maximum Gasteiger partial charge on any atom is 0.305 e. The SMILES string of the molecule is CC(C)(C)N(CCC(=O)O)C(=O)c1csc2ccccc12. The van der Waals surface area contributed by atoms with Gasteiger partial charge in [0.25, 0.3) is 5.91 Å². The van der Waals surface area contributed by atoms with Crippen LogP contribution in [0.1, 0.15) is 37.6 Å². The van der Waals surface area contributed by atoms with Crippen LogP contribution in [0.15, 0.2) is 29.6 Å². The van der Waals surface area contributed by atoms with Crippen LogP contribution in [0.3, 0.4) is 0 Å². The lowest BCUT2D eigenvalue weighted by Gasteiger charge is -2.35. The van der Waals surface area contributed by atoms with Crippen LogP contribution in [0.2, 0.25) is 0 Å². The number of carboxylic acid groups (broad SMARTS) is 1. The average Bonchev–Trinajstić information content (AvgIpc) is 2.80. The first-order chi connectivity index (χ1) is 9.80. The van der Waals surface area contributed by atoms with Gasteiger partial charge in [-0.15, -0.1) is 11.3 Å². The third-order valence-electron chi connectivity index (χ3n) is 3.32. The van der Waals surface area contributed by atoms with E-state index in [9.17, 15) is 9.59 Å². The number of thiophene rings is 1. The van der Waals surface area contributed by atoms with Gasteiger partial charge < -0.3 is 10.0 Å². The number of hydrogen-bond acceptors (Lipinski definition) is 3. The van der Waals surface area contributed by atoms with Gasteiger partial charge in [-0.05, 0) is 26.8 Å². The van der Waals surface area contributed by atoms with Crippen molar-refractivity contribution in [3.8, 4) is 0 Å². The Labute approximate surface area is 128 Å². The fourth-order valence-corrected chi connectivity index (χ4v) is 3.17. The van der Waals surface area contributed by atoms with E-state index in [1.165, 1.54) is 11.3 Å². The Kier molecular flexibility index (Phi) is 4.32. The Morgan fingerprint density at radius 2 is 1.90 bits per heavy atom. The van der Waals surface area contributed by atoms with Crippen LogP contribution in [0, 0.1) is 0 Å². The predicted octanol–water partition coefficient (Wildman–Crippen LogP) is 3.62. The van der Waals surface area contributed by atoms with Crippen molar-refractivity contribution >= 4 is 33.3 Å². The topological polar surface area (TPSA) is 57.6 Å². The molecule has 112 valence electrons. The zero-order valence-electron chi connectivity index (χ0n) is 12.4. The summed E-state index contributed by atoms with van der Waals surface area (Å²) in [6.07, 6.45) is -0.0505. The van der Waals surface area contributed by atoms with E-state index < -0.39 is 11.5 Å². The van der Waals surface area contributed by atoms with Crippen LogP contribution in [-0.2, 0) is 4.79 Å². The van der Waals surface area contributed by atoms with Crippen molar-refractivity contribution in [2.75, 3.05) is 6.54 Å². The Morgan fingerprint density at radius 1 is 1.24 bits per heavy atom. The third-order valence-corrected chi connectivity index (χ3v) is 4.28. The maximum absolute atomic E-state index is 12.8. The van der Waals surface area contributed by atoms with Crippen LogP contribution in [0.25, 0.3) is 10.1 Å². The minimum absolute atomic E-state index is 0.0505. The molecule has 1 aromatic carbocycles. The highest BCUT2D eigenvalue weighted by molar-refractivity contribution is 7.17. The summed E-state index contributed by atoms with van der Waals surface area (Å²) in [4.78, 5) is 25.3. The molecular weight excluding hydrogens is 286 g/mol. The Balaban J connectivity index is 2.35. The Hall–Kier alpha value is -1.88. The number of carbonyl (C=O) groups is 2. The van der Waals surface area contributed by atoms with E-state index in [-0.39, 0.29) is 18.9 Å². The number of benzene rings is 1. The van der Waals surface area contributed by atoms with Crippen LogP contribution < -0.4 is 0 Å². The van der Waals surface area contributed by atoms with Crippen molar-refractivity contribution in [3.05, 3.63) is 35.2 Å². The molecule has 0 saturated heterocycles. The molecule has 21 heavy (non-hydrogen) atoms. The van der Waals surface area contributed by atoms with Crippen molar-refractivity contribution in [1.29, 1.82) is 0 Å². The molecule has 1 heterocycles. The number of carbonyl (C=O) groups excluding carboxylic acids is 1. The fourth-order valence-electron chi connectivity index (χ4n) is 2.24. The minimum Gasteiger partial charge on any atom is -0.481 e. The van der Waals surface area contributed by atoms with Gasteiger partial charge >= 0.3 is 5.97 Å². The van der Waals surface area contributed by atoms with E-state index in [0.717, 1.165) is 10.1 Å². The summed E-state index contributed by atoms with van der Waals surface area (Å²) >= 11 is 1.53. The second kappa shape index (κ2) is 5.85. The molecule has 0 atom stereocenters. The normalized spacial score (nSPS) is 11.6. The number of aliphatic carboxylic acids is 1. The van der Waals surface area contributed by atoms with Crippen LogP contribution in [-0.4, -0.2) is 34.0 Å². The molecule has 0 spiro atoms. The average molecular weight is 305 g/mol. The number of amides is 1. The predicted molar refractivity (Wildman–Crippen MR) is 84.9 cm³/mol. The van der Waals surface area contributed by atoms with E-state index in [1.54, 1.807) is 4.90 Å². The lowest BCUT2D eigenvalue weighted by Crippen LogP contribution is -2.46. The molecule has 1 N–H and O–H groups in total. The number of fused-ring (bicyclic) bond motifs is 1. The monoisotopic (exact) mass is 305 g/mol. The second-order valence-corrected chi connectivity index (χ2v) is 6.83. The van der Waals surface area contributed by atoms with Gasteiger partial charge in [0.15, 0.2) is 0 Å². The van der Waals surface area contributed by atoms with Gasteiger partial charge in [0.05, 0.1) is 12.0 Å². The molecule has 0 aliphatic rings. The molecule has 0 fully saturated rings.